The van der Waals surface area contributed by atoms with E-state index in [2.05, 4.69) is 10.4 Å². The molecule has 3 N–H and O–H groups in total. The summed E-state index contributed by atoms with van der Waals surface area (Å²) in [6.07, 6.45) is 0.111. The number of carbonyl (C=O) groups is 4. The van der Waals surface area contributed by atoms with Crippen LogP contribution in [-0.2, 0) is 20.9 Å². The minimum absolute atomic E-state index is 0.0307. The Morgan fingerprint density at radius 2 is 2.12 bits per heavy atom. The van der Waals surface area contributed by atoms with Crippen molar-refractivity contribution in [3.63, 3.8) is 0 Å². The number of nitrogens with one attached hydrogen (secondary N) is 1. The van der Waals surface area contributed by atoms with Crippen molar-refractivity contribution in [2.75, 3.05) is 26.2 Å². The average Bonchev–Trinajstić information content (AvgIpc) is 3.04. The molecule has 1 unspecified atom stereocenters. The van der Waals surface area contributed by atoms with Crippen LogP contribution in [0, 0.1) is 5.92 Å². The lowest BCUT2D eigenvalue weighted by atomic mass is 10.2. The average molecular weight is 367 g/mol. The van der Waals surface area contributed by atoms with Crippen LogP contribution in [0.2, 0.25) is 0 Å². The Kier molecular flexibility index (Phi) is 6.31. The fourth-order valence-corrected chi connectivity index (χ4v) is 2.45. The quantitative estimate of drug-likeness (QED) is 0.458. The molecular formula is C16H23N4O6+. The van der Waals surface area contributed by atoms with E-state index in [1.807, 2.05) is 0 Å². The van der Waals surface area contributed by atoms with Crippen LogP contribution >= 0.6 is 0 Å². The number of fused-ring (bicyclic) bond motifs is 1. The maximum Gasteiger partial charge on any atom is 0.520 e. The fourth-order valence-electron chi connectivity index (χ4n) is 2.45. The zero-order valence-electron chi connectivity index (χ0n) is 14.8. The summed E-state index contributed by atoms with van der Waals surface area (Å²) in [5, 5.41) is 13.6. The lowest BCUT2D eigenvalue weighted by Crippen LogP contribution is -2.41. The van der Waals surface area contributed by atoms with Crippen molar-refractivity contribution in [2.24, 2.45) is 5.92 Å². The summed E-state index contributed by atoms with van der Waals surface area (Å²) < 4.78 is 6.31. The van der Waals surface area contributed by atoms with Gasteiger partial charge in [-0.05, 0) is 13.8 Å². The highest BCUT2D eigenvalue weighted by Gasteiger charge is 2.28. The molecule has 0 spiro atoms. The van der Waals surface area contributed by atoms with Gasteiger partial charge in [-0.15, -0.1) is 0 Å². The van der Waals surface area contributed by atoms with Crippen LogP contribution in [0.5, 0.6) is 0 Å². The van der Waals surface area contributed by atoms with E-state index in [1.54, 1.807) is 13.8 Å². The smallest absolute Gasteiger partial charge is 0.520 e. The van der Waals surface area contributed by atoms with Gasteiger partial charge in [-0.25, -0.2) is 0 Å². The third-order valence-corrected chi connectivity index (χ3v) is 4.01. The second-order valence-electron chi connectivity index (χ2n) is 5.96. The van der Waals surface area contributed by atoms with Crippen molar-refractivity contribution in [1.29, 1.82) is 0 Å². The number of amides is 2. The second-order valence-corrected chi connectivity index (χ2v) is 5.96. The Balaban J connectivity index is 1.98. The summed E-state index contributed by atoms with van der Waals surface area (Å²) >= 11 is 0. The fraction of sp³-hybridized carbons (Fsp3) is 0.562. The molecular weight excluding hydrogens is 344 g/mol. The van der Waals surface area contributed by atoms with Crippen molar-refractivity contribution in [3.8, 4) is 0 Å². The molecule has 142 valence electrons. The third kappa shape index (κ3) is 4.58. The molecule has 1 aliphatic rings. The van der Waals surface area contributed by atoms with Gasteiger partial charge in [0.15, 0.2) is 5.69 Å². The molecule has 1 aliphatic heterocycles. The standard InChI is InChI=1S/C16H22N4O6/c1-3-26-13(21)4-5-19-6-7-20-12(15(19)23)8-11(18-20)14(22)17-9-10(2)16(24)25/h8,10H,3-7,9H2,1-2H3,(H,17,22)(H,24,25)/p+1. The van der Waals surface area contributed by atoms with E-state index in [0.717, 1.165) is 0 Å². The summed E-state index contributed by atoms with van der Waals surface area (Å²) in [4.78, 5) is 48.5. The monoisotopic (exact) mass is 367 g/mol. The predicted octanol–water partition coefficient (Wildman–Crippen LogP) is -1.09. The molecule has 1 aromatic rings. The van der Waals surface area contributed by atoms with Crippen LogP contribution < -0.4 is 5.32 Å². The Hall–Kier alpha value is -2.91. The number of esters is 1. The van der Waals surface area contributed by atoms with Crippen molar-refractivity contribution in [2.45, 2.75) is 26.8 Å². The van der Waals surface area contributed by atoms with Gasteiger partial charge in [0.25, 0.3) is 11.8 Å². The first-order chi connectivity index (χ1) is 12.3. The molecule has 0 aromatic carbocycles. The summed E-state index contributed by atoms with van der Waals surface area (Å²) in [5.74, 6) is -2.55. The van der Waals surface area contributed by atoms with Gasteiger partial charge in [-0.2, -0.15) is 5.10 Å². The topological polar surface area (TPSA) is 134 Å². The first-order valence-corrected chi connectivity index (χ1v) is 8.39. The first-order valence-electron chi connectivity index (χ1n) is 8.39. The van der Waals surface area contributed by atoms with Crippen molar-refractivity contribution in [1.82, 2.24) is 20.0 Å². The summed E-state index contributed by atoms with van der Waals surface area (Å²) in [7, 11) is 0. The van der Waals surface area contributed by atoms with E-state index in [1.165, 1.54) is 15.6 Å². The molecule has 0 saturated heterocycles. The van der Waals surface area contributed by atoms with Gasteiger partial charge in [0.1, 0.15) is 11.6 Å². The number of nitrogens with zero attached hydrogens (tertiary/aromatic N) is 3. The number of aromatic nitrogens is 2. The minimum Gasteiger partial charge on any atom is -0.564 e. The highest BCUT2D eigenvalue weighted by molar-refractivity contribution is 5.98. The van der Waals surface area contributed by atoms with Crippen LogP contribution in [0.4, 0.5) is 0 Å². The van der Waals surface area contributed by atoms with E-state index in [-0.39, 0.29) is 42.8 Å². The largest absolute Gasteiger partial charge is 0.564 e. The molecule has 1 aromatic heterocycles. The summed E-state index contributed by atoms with van der Waals surface area (Å²) in [6.45, 7) is 4.63. The molecule has 0 saturated carbocycles. The van der Waals surface area contributed by atoms with Gasteiger partial charge in [0.2, 0.25) is 0 Å². The lowest BCUT2D eigenvalue weighted by Gasteiger charge is -2.26. The van der Waals surface area contributed by atoms with Crippen molar-refractivity contribution in [3.05, 3.63) is 17.5 Å². The van der Waals surface area contributed by atoms with Crippen LogP contribution in [0.1, 0.15) is 41.2 Å². The number of rotatable bonds is 8. The molecule has 26 heavy (non-hydrogen) atoms. The highest BCUT2D eigenvalue weighted by Crippen LogP contribution is 2.14. The SMILES string of the molecule is CCOC(=O)CCN1CCn2nc(C(=O)NCC(C)C(=O)[OH2+])cc2C1=O. The zero-order chi connectivity index (χ0) is 19.3. The van der Waals surface area contributed by atoms with Crippen molar-refractivity contribution >= 4 is 23.8 Å². The Labute approximate surface area is 150 Å². The van der Waals surface area contributed by atoms with Gasteiger partial charge in [-0.1, -0.05) is 0 Å². The molecule has 10 heteroatoms. The van der Waals surface area contributed by atoms with Gasteiger partial charge in [0.05, 0.1) is 19.6 Å². The van der Waals surface area contributed by atoms with Crippen LogP contribution in [-0.4, -0.2) is 69.8 Å². The predicted molar refractivity (Wildman–Crippen MR) is 89.5 cm³/mol. The van der Waals surface area contributed by atoms with Crippen molar-refractivity contribution < 1.29 is 29.0 Å². The Morgan fingerprint density at radius 3 is 2.77 bits per heavy atom. The van der Waals surface area contributed by atoms with Crippen LogP contribution in [0.15, 0.2) is 6.07 Å². The Bertz CT molecular complexity index is 714. The molecule has 0 fully saturated rings. The maximum atomic E-state index is 12.5. The van der Waals surface area contributed by atoms with Gasteiger partial charge in [0, 0.05) is 30.5 Å². The van der Waals surface area contributed by atoms with Gasteiger partial charge < -0.3 is 20.1 Å². The third-order valence-electron chi connectivity index (χ3n) is 4.01. The number of hydrogen-bond donors (Lipinski definition) is 1. The molecule has 2 heterocycles. The van der Waals surface area contributed by atoms with E-state index in [4.69, 9.17) is 9.84 Å². The second kappa shape index (κ2) is 8.45. The van der Waals surface area contributed by atoms with E-state index in [0.29, 0.717) is 19.7 Å². The minimum atomic E-state index is -0.762. The summed E-state index contributed by atoms with van der Waals surface area (Å²) in [5.41, 5.74) is 0.347. The van der Waals surface area contributed by atoms with E-state index >= 15 is 0 Å². The molecule has 10 nitrogen and oxygen atoms in total. The molecule has 0 bridgehead atoms. The molecule has 1 atom stereocenters. The zero-order valence-corrected chi connectivity index (χ0v) is 14.8. The molecule has 0 aliphatic carbocycles. The number of carbonyl (C=O) groups excluding carboxylic acids is 4. The highest BCUT2D eigenvalue weighted by atomic mass is 16.5. The normalized spacial score (nSPS) is 14.5. The number of hydrogen-bond acceptors (Lipinski definition) is 6. The first kappa shape index (κ1) is 19.4. The molecule has 0 radical (unpaired) electrons. The number of ether oxygens (including phenoxy) is 1. The lowest BCUT2D eigenvalue weighted by molar-refractivity contribution is -0.143. The van der Waals surface area contributed by atoms with Gasteiger partial charge >= 0.3 is 11.9 Å². The van der Waals surface area contributed by atoms with E-state index < -0.39 is 17.8 Å². The Morgan fingerprint density at radius 1 is 1.38 bits per heavy atom. The van der Waals surface area contributed by atoms with Crippen LogP contribution in [0.25, 0.3) is 0 Å². The maximum absolute atomic E-state index is 12.5. The van der Waals surface area contributed by atoms with Gasteiger partial charge in [-0.3, -0.25) is 19.1 Å². The molecule has 2 rings (SSSR count). The summed E-state index contributed by atoms with van der Waals surface area (Å²) in [6, 6.07) is 1.39. The van der Waals surface area contributed by atoms with E-state index in [9.17, 15) is 19.2 Å². The van der Waals surface area contributed by atoms with Crippen LogP contribution in [0.3, 0.4) is 0 Å². The molecule has 2 amide bonds.